The minimum atomic E-state index is -0.724. The summed E-state index contributed by atoms with van der Waals surface area (Å²) in [6.45, 7) is 0.713. The number of hydrogen-bond donors (Lipinski definition) is 1. The molecule has 0 saturated heterocycles. The lowest BCUT2D eigenvalue weighted by Gasteiger charge is -2.22. The predicted molar refractivity (Wildman–Crippen MR) is 106 cm³/mol. The van der Waals surface area contributed by atoms with Gasteiger partial charge in [0.2, 0.25) is 0 Å². The van der Waals surface area contributed by atoms with E-state index in [1.807, 2.05) is 30.3 Å². The Morgan fingerprint density at radius 1 is 1.14 bits per heavy atom. The van der Waals surface area contributed by atoms with Gasteiger partial charge in [-0.3, -0.25) is 4.79 Å². The molecule has 0 aliphatic rings. The van der Waals surface area contributed by atoms with Gasteiger partial charge in [-0.2, -0.15) is 0 Å². The monoisotopic (exact) mass is 406 g/mol. The average molecular weight is 407 g/mol. The maximum atomic E-state index is 12.6. The Hall–Kier alpha value is -2.77. The molecule has 2 aromatic rings. The molecule has 0 aliphatic carbocycles. The van der Waals surface area contributed by atoms with Gasteiger partial charge in [0.1, 0.15) is 11.3 Å². The number of anilines is 1. The Morgan fingerprint density at radius 3 is 2.50 bits per heavy atom. The zero-order valence-electron chi connectivity index (χ0n) is 15.8. The number of esters is 1. The van der Waals surface area contributed by atoms with Crippen LogP contribution >= 0.6 is 11.6 Å². The van der Waals surface area contributed by atoms with E-state index in [9.17, 15) is 9.59 Å². The fraction of sp³-hybridized carbons (Fsp3) is 0.300. The number of methoxy groups -OCH3 is 2. The van der Waals surface area contributed by atoms with Crippen LogP contribution in [0.15, 0.2) is 42.5 Å². The number of nitrogens with zero attached hydrogens (tertiary/aromatic N) is 1. The van der Waals surface area contributed by atoms with E-state index in [1.165, 1.54) is 19.2 Å². The van der Waals surface area contributed by atoms with Gasteiger partial charge in [0, 0.05) is 26.3 Å². The summed E-state index contributed by atoms with van der Waals surface area (Å²) in [6.07, 6.45) is 0. The summed E-state index contributed by atoms with van der Waals surface area (Å²) in [5.74, 6) is -0.840. The number of hydrogen-bond acceptors (Lipinski definition) is 6. The molecule has 0 atom stereocenters. The van der Waals surface area contributed by atoms with Crippen molar-refractivity contribution in [2.24, 2.45) is 0 Å². The quantitative estimate of drug-likeness (QED) is 0.508. The lowest BCUT2D eigenvalue weighted by atomic mass is 10.2. The third-order valence-corrected chi connectivity index (χ3v) is 4.33. The lowest BCUT2D eigenvalue weighted by molar-refractivity contribution is -0.135. The van der Waals surface area contributed by atoms with Crippen molar-refractivity contribution in [3.05, 3.63) is 58.6 Å². The van der Waals surface area contributed by atoms with E-state index in [0.29, 0.717) is 19.7 Å². The molecule has 0 aliphatic heterocycles. The molecule has 150 valence electrons. The van der Waals surface area contributed by atoms with Gasteiger partial charge in [-0.05, 0) is 11.6 Å². The van der Waals surface area contributed by atoms with E-state index < -0.39 is 12.6 Å². The Bertz CT molecular complexity index is 814. The first kappa shape index (κ1) is 21.5. The normalized spacial score (nSPS) is 10.4. The fourth-order valence-electron chi connectivity index (χ4n) is 2.49. The number of amides is 1. The van der Waals surface area contributed by atoms with Crippen LogP contribution in [-0.2, 0) is 20.8 Å². The van der Waals surface area contributed by atoms with Gasteiger partial charge in [0.05, 0.1) is 24.4 Å². The molecular formula is C20H23ClN2O5. The van der Waals surface area contributed by atoms with Crippen molar-refractivity contribution in [3.8, 4) is 5.75 Å². The van der Waals surface area contributed by atoms with E-state index in [1.54, 1.807) is 12.0 Å². The average Bonchev–Trinajstić information content (AvgIpc) is 2.71. The van der Waals surface area contributed by atoms with E-state index in [2.05, 4.69) is 0 Å². The number of carbonyl (C=O) groups is 2. The van der Waals surface area contributed by atoms with E-state index in [-0.39, 0.29) is 27.9 Å². The topological polar surface area (TPSA) is 91.1 Å². The Labute approximate surface area is 168 Å². The van der Waals surface area contributed by atoms with Crippen LogP contribution in [0.4, 0.5) is 5.69 Å². The highest BCUT2D eigenvalue weighted by atomic mass is 35.5. The second kappa shape index (κ2) is 10.5. The van der Waals surface area contributed by atoms with Crippen molar-refractivity contribution in [2.45, 2.75) is 6.54 Å². The largest absolute Gasteiger partial charge is 0.496 e. The molecule has 2 N–H and O–H groups in total. The zero-order valence-corrected chi connectivity index (χ0v) is 16.6. The summed E-state index contributed by atoms with van der Waals surface area (Å²) in [5, 5.41) is 0.199. The molecule has 0 fully saturated rings. The van der Waals surface area contributed by atoms with Crippen LogP contribution in [0.25, 0.3) is 0 Å². The third-order valence-electron chi connectivity index (χ3n) is 4.00. The molecule has 0 saturated carbocycles. The lowest BCUT2D eigenvalue weighted by Crippen LogP contribution is -2.36. The van der Waals surface area contributed by atoms with Crippen LogP contribution in [0, 0.1) is 0 Å². The van der Waals surface area contributed by atoms with Gasteiger partial charge in [0.15, 0.2) is 6.61 Å². The van der Waals surface area contributed by atoms with Crippen molar-refractivity contribution in [3.63, 3.8) is 0 Å². The van der Waals surface area contributed by atoms with Crippen LogP contribution in [0.3, 0.4) is 0 Å². The standard InChI is InChI=1S/C20H23ClN2O5/c1-26-9-8-23(12-14-6-4-3-5-7-14)19(24)13-28-20(25)15-10-16(21)17(22)11-18(15)27-2/h3-7,10-11H,8-9,12-13,22H2,1-2H3. The number of nitrogens with two attached hydrogens (primary N) is 1. The highest BCUT2D eigenvalue weighted by molar-refractivity contribution is 6.33. The highest BCUT2D eigenvalue weighted by Gasteiger charge is 2.20. The molecule has 2 rings (SSSR count). The van der Waals surface area contributed by atoms with Gasteiger partial charge in [-0.25, -0.2) is 4.79 Å². The van der Waals surface area contributed by atoms with E-state index in [4.69, 9.17) is 31.5 Å². The number of halogens is 1. The van der Waals surface area contributed by atoms with Crippen LogP contribution in [0.2, 0.25) is 5.02 Å². The molecule has 2 aromatic carbocycles. The summed E-state index contributed by atoms with van der Waals surface area (Å²) in [6, 6.07) is 12.3. The Morgan fingerprint density at radius 2 is 1.86 bits per heavy atom. The second-order valence-electron chi connectivity index (χ2n) is 5.94. The first-order valence-corrected chi connectivity index (χ1v) is 8.94. The van der Waals surface area contributed by atoms with Crippen molar-refractivity contribution in [2.75, 3.05) is 39.7 Å². The van der Waals surface area contributed by atoms with Gasteiger partial charge in [-0.15, -0.1) is 0 Å². The van der Waals surface area contributed by atoms with Crippen molar-refractivity contribution in [1.29, 1.82) is 0 Å². The molecule has 0 spiro atoms. The predicted octanol–water partition coefficient (Wildman–Crippen LogP) is 2.76. The number of benzene rings is 2. The zero-order chi connectivity index (χ0) is 20.5. The minimum absolute atomic E-state index is 0.0981. The summed E-state index contributed by atoms with van der Waals surface area (Å²) < 4.78 is 15.4. The van der Waals surface area contributed by atoms with Gasteiger partial charge >= 0.3 is 5.97 Å². The van der Waals surface area contributed by atoms with Gasteiger partial charge in [0.25, 0.3) is 5.91 Å². The number of nitrogen functional groups attached to an aromatic ring is 1. The van der Waals surface area contributed by atoms with Crippen LogP contribution in [-0.4, -0.2) is 50.8 Å². The van der Waals surface area contributed by atoms with Gasteiger partial charge < -0.3 is 24.8 Å². The first-order valence-electron chi connectivity index (χ1n) is 8.57. The van der Waals surface area contributed by atoms with E-state index in [0.717, 1.165) is 5.56 Å². The first-order chi connectivity index (χ1) is 13.5. The van der Waals surface area contributed by atoms with Crippen molar-refractivity contribution >= 4 is 29.2 Å². The maximum Gasteiger partial charge on any atom is 0.342 e. The molecule has 0 radical (unpaired) electrons. The molecular weight excluding hydrogens is 384 g/mol. The number of rotatable bonds is 9. The van der Waals surface area contributed by atoms with Crippen molar-refractivity contribution < 1.29 is 23.8 Å². The molecule has 0 unspecified atom stereocenters. The Balaban J connectivity index is 2.05. The Kier molecular flexibility index (Phi) is 8.10. The number of carbonyl (C=O) groups excluding carboxylic acids is 2. The molecule has 1 amide bonds. The van der Waals surface area contributed by atoms with Gasteiger partial charge in [-0.1, -0.05) is 41.9 Å². The molecule has 0 heterocycles. The van der Waals surface area contributed by atoms with Crippen LogP contribution < -0.4 is 10.5 Å². The summed E-state index contributed by atoms with van der Waals surface area (Å²) in [7, 11) is 2.96. The van der Waals surface area contributed by atoms with Crippen molar-refractivity contribution in [1.82, 2.24) is 4.90 Å². The molecule has 7 nitrogen and oxygen atoms in total. The van der Waals surface area contributed by atoms with Crippen LogP contribution in [0.1, 0.15) is 15.9 Å². The SMILES string of the molecule is COCCN(Cc1ccccc1)C(=O)COC(=O)c1cc(Cl)c(N)cc1OC. The molecule has 8 heteroatoms. The molecule has 0 aromatic heterocycles. The fourth-order valence-corrected chi connectivity index (χ4v) is 2.65. The summed E-state index contributed by atoms with van der Waals surface area (Å²) in [5.41, 5.74) is 7.05. The minimum Gasteiger partial charge on any atom is -0.496 e. The summed E-state index contributed by atoms with van der Waals surface area (Å²) in [4.78, 5) is 26.5. The summed E-state index contributed by atoms with van der Waals surface area (Å²) >= 11 is 5.97. The maximum absolute atomic E-state index is 12.6. The van der Waals surface area contributed by atoms with E-state index >= 15 is 0 Å². The molecule has 0 bridgehead atoms. The van der Waals surface area contributed by atoms with Crippen LogP contribution in [0.5, 0.6) is 5.75 Å². The molecule has 28 heavy (non-hydrogen) atoms. The third kappa shape index (κ3) is 5.87. The highest BCUT2D eigenvalue weighted by Crippen LogP contribution is 2.29. The second-order valence-corrected chi connectivity index (χ2v) is 6.35. The smallest absolute Gasteiger partial charge is 0.342 e. The number of ether oxygens (including phenoxy) is 3.